The van der Waals surface area contributed by atoms with E-state index in [-0.39, 0.29) is 5.78 Å². The summed E-state index contributed by atoms with van der Waals surface area (Å²) in [6.45, 7) is 0. The summed E-state index contributed by atoms with van der Waals surface area (Å²) in [5, 5.41) is 3.15. The van der Waals surface area contributed by atoms with Crippen molar-refractivity contribution in [1.29, 1.82) is 0 Å². The SMILES string of the molecule is C[n+]1ccc(/C=C2/Nc3ccccc3C2=O)cc1. The molecule has 3 nitrogen and oxygen atoms in total. The van der Waals surface area contributed by atoms with E-state index in [1.165, 1.54) is 0 Å². The molecule has 2 heterocycles. The van der Waals surface area contributed by atoms with E-state index >= 15 is 0 Å². The van der Waals surface area contributed by atoms with E-state index in [9.17, 15) is 4.79 Å². The van der Waals surface area contributed by atoms with Crippen molar-refractivity contribution >= 4 is 17.5 Å². The van der Waals surface area contributed by atoms with Crippen LogP contribution in [0.3, 0.4) is 0 Å². The van der Waals surface area contributed by atoms with Gasteiger partial charge in [-0.15, -0.1) is 0 Å². The highest BCUT2D eigenvalue weighted by Crippen LogP contribution is 2.28. The maximum absolute atomic E-state index is 12.1. The number of ketones is 1. The van der Waals surface area contributed by atoms with E-state index in [4.69, 9.17) is 0 Å². The monoisotopic (exact) mass is 237 g/mol. The molecule has 1 aliphatic heterocycles. The number of para-hydroxylation sites is 1. The number of nitrogens with zero attached hydrogens (tertiary/aromatic N) is 1. The van der Waals surface area contributed by atoms with E-state index < -0.39 is 0 Å². The lowest BCUT2D eigenvalue weighted by Gasteiger charge is -1.98. The van der Waals surface area contributed by atoms with Gasteiger partial charge in [0.15, 0.2) is 12.4 Å². The number of benzene rings is 1. The van der Waals surface area contributed by atoms with Crippen LogP contribution in [0.15, 0.2) is 54.5 Å². The Morgan fingerprint density at radius 2 is 1.83 bits per heavy atom. The van der Waals surface area contributed by atoms with Crippen LogP contribution in [0.25, 0.3) is 6.08 Å². The van der Waals surface area contributed by atoms with E-state index in [2.05, 4.69) is 5.32 Å². The normalized spacial score (nSPS) is 15.6. The zero-order chi connectivity index (χ0) is 12.5. The quantitative estimate of drug-likeness (QED) is 0.609. The first-order valence-corrected chi connectivity index (χ1v) is 5.82. The second kappa shape index (κ2) is 4.11. The molecule has 0 saturated carbocycles. The van der Waals surface area contributed by atoms with Crippen molar-refractivity contribution in [2.24, 2.45) is 7.05 Å². The van der Waals surface area contributed by atoms with Crippen molar-refractivity contribution < 1.29 is 9.36 Å². The summed E-state index contributed by atoms with van der Waals surface area (Å²) < 4.78 is 1.96. The number of allylic oxidation sites excluding steroid dienone is 1. The van der Waals surface area contributed by atoms with Crippen molar-refractivity contribution in [3.63, 3.8) is 0 Å². The standard InChI is InChI=1S/C15H12N2O/c1-17-8-6-11(7-9-17)10-14-15(18)12-4-2-3-5-13(12)16-14/h2-10H,1H3/p+1. The van der Waals surface area contributed by atoms with Crippen molar-refractivity contribution in [2.75, 3.05) is 5.32 Å². The predicted molar refractivity (Wildman–Crippen MR) is 70.0 cm³/mol. The number of anilines is 1. The summed E-state index contributed by atoms with van der Waals surface area (Å²) in [7, 11) is 1.96. The molecular weight excluding hydrogens is 224 g/mol. The number of aromatic nitrogens is 1. The zero-order valence-electron chi connectivity index (χ0n) is 10.1. The molecule has 0 unspecified atom stereocenters. The molecule has 18 heavy (non-hydrogen) atoms. The molecule has 0 saturated heterocycles. The van der Waals surface area contributed by atoms with Gasteiger partial charge in [-0.25, -0.2) is 4.57 Å². The summed E-state index contributed by atoms with van der Waals surface area (Å²) in [6.07, 6.45) is 5.79. The van der Waals surface area contributed by atoms with Gasteiger partial charge in [-0.05, 0) is 23.8 Å². The van der Waals surface area contributed by atoms with Crippen molar-refractivity contribution in [1.82, 2.24) is 0 Å². The van der Waals surface area contributed by atoms with Crippen LogP contribution < -0.4 is 9.88 Å². The highest BCUT2D eigenvalue weighted by atomic mass is 16.1. The third-order valence-corrected chi connectivity index (χ3v) is 3.00. The number of rotatable bonds is 1. The fraction of sp³-hybridized carbons (Fsp3) is 0.0667. The average molecular weight is 237 g/mol. The number of fused-ring (bicyclic) bond motifs is 1. The third kappa shape index (κ3) is 1.80. The maximum atomic E-state index is 12.1. The van der Waals surface area contributed by atoms with E-state index in [0.29, 0.717) is 5.70 Å². The molecule has 0 bridgehead atoms. The fourth-order valence-corrected chi connectivity index (χ4v) is 2.01. The van der Waals surface area contributed by atoms with Crippen LogP contribution in [-0.4, -0.2) is 5.78 Å². The molecule has 0 fully saturated rings. The lowest BCUT2D eigenvalue weighted by atomic mass is 10.1. The van der Waals surface area contributed by atoms with Crippen molar-refractivity contribution in [2.45, 2.75) is 0 Å². The van der Waals surface area contributed by atoms with Crippen LogP contribution in [0.2, 0.25) is 0 Å². The summed E-state index contributed by atoms with van der Waals surface area (Å²) in [6, 6.07) is 11.5. The molecule has 3 heteroatoms. The lowest BCUT2D eigenvalue weighted by molar-refractivity contribution is -0.671. The van der Waals surface area contributed by atoms with Crippen LogP contribution in [0.1, 0.15) is 15.9 Å². The highest BCUT2D eigenvalue weighted by Gasteiger charge is 2.23. The molecular formula is C15H13N2O+. The molecule has 0 aliphatic carbocycles. The smallest absolute Gasteiger partial charge is 0.211 e. The molecule has 1 N–H and O–H groups in total. The molecule has 0 atom stereocenters. The predicted octanol–water partition coefficient (Wildman–Crippen LogP) is 2.16. The maximum Gasteiger partial charge on any atom is 0.211 e. The molecule has 2 aromatic rings. The van der Waals surface area contributed by atoms with Gasteiger partial charge in [-0.1, -0.05) is 12.1 Å². The minimum absolute atomic E-state index is 0.0545. The molecule has 3 rings (SSSR count). The molecule has 1 aromatic heterocycles. The Labute approximate surface area is 105 Å². The Bertz CT molecular complexity index is 642. The van der Waals surface area contributed by atoms with E-state index in [1.54, 1.807) is 0 Å². The van der Waals surface area contributed by atoms with Crippen LogP contribution >= 0.6 is 0 Å². The minimum Gasteiger partial charge on any atom is -0.352 e. The van der Waals surface area contributed by atoms with Crippen molar-refractivity contribution in [3.8, 4) is 0 Å². The van der Waals surface area contributed by atoms with Crippen molar-refractivity contribution in [3.05, 3.63) is 65.6 Å². The second-order valence-electron chi connectivity index (χ2n) is 4.35. The average Bonchev–Trinajstić information content (AvgIpc) is 2.70. The Kier molecular flexibility index (Phi) is 2.45. The van der Waals surface area contributed by atoms with Gasteiger partial charge in [-0.3, -0.25) is 4.79 Å². The minimum atomic E-state index is 0.0545. The second-order valence-corrected chi connectivity index (χ2v) is 4.35. The lowest BCUT2D eigenvalue weighted by Crippen LogP contribution is -2.25. The van der Waals surface area contributed by atoms with Gasteiger partial charge in [0.1, 0.15) is 7.05 Å². The van der Waals surface area contributed by atoms with E-state index in [0.717, 1.165) is 16.8 Å². The number of hydrogen-bond acceptors (Lipinski definition) is 2. The number of Topliss-reactive ketones (excluding diaryl/α,β-unsaturated/α-hetero) is 1. The first kappa shape index (κ1) is 10.7. The Hall–Kier alpha value is -2.42. The third-order valence-electron chi connectivity index (χ3n) is 3.00. The topological polar surface area (TPSA) is 33.0 Å². The summed E-state index contributed by atoms with van der Waals surface area (Å²) in [4.78, 5) is 12.1. The number of carbonyl (C=O) groups excluding carboxylic acids is 1. The molecule has 0 spiro atoms. The first-order chi connectivity index (χ1) is 8.74. The first-order valence-electron chi connectivity index (χ1n) is 5.82. The molecule has 0 amide bonds. The highest BCUT2D eigenvalue weighted by molar-refractivity contribution is 6.20. The molecule has 1 aromatic carbocycles. The van der Waals surface area contributed by atoms with Gasteiger partial charge >= 0.3 is 0 Å². The number of hydrogen-bond donors (Lipinski definition) is 1. The summed E-state index contributed by atoms with van der Waals surface area (Å²) in [5.74, 6) is 0.0545. The van der Waals surface area contributed by atoms with Gasteiger partial charge in [0.05, 0.1) is 5.70 Å². The number of pyridine rings is 1. The van der Waals surface area contributed by atoms with Crippen LogP contribution in [0.5, 0.6) is 0 Å². The van der Waals surface area contributed by atoms with Gasteiger partial charge < -0.3 is 5.32 Å². The molecule has 0 radical (unpaired) electrons. The largest absolute Gasteiger partial charge is 0.352 e. The molecule has 1 aliphatic rings. The zero-order valence-corrected chi connectivity index (χ0v) is 10.1. The van der Waals surface area contributed by atoms with Gasteiger partial charge in [0, 0.05) is 23.4 Å². The molecule has 88 valence electrons. The van der Waals surface area contributed by atoms with Gasteiger partial charge in [0.25, 0.3) is 0 Å². The Morgan fingerprint density at radius 1 is 1.11 bits per heavy atom. The number of nitrogens with one attached hydrogen (secondary N) is 1. The fourth-order valence-electron chi connectivity index (χ4n) is 2.01. The van der Waals surface area contributed by atoms with Crippen LogP contribution in [0, 0.1) is 0 Å². The van der Waals surface area contributed by atoms with Crippen LogP contribution in [0.4, 0.5) is 5.69 Å². The summed E-state index contributed by atoms with van der Waals surface area (Å²) >= 11 is 0. The Balaban J connectivity index is 1.97. The van der Waals surface area contributed by atoms with Crippen LogP contribution in [-0.2, 0) is 7.05 Å². The number of aryl methyl sites for hydroxylation is 1. The Morgan fingerprint density at radius 3 is 2.56 bits per heavy atom. The number of carbonyl (C=O) groups is 1. The van der Waals surface area contributed by atoms with Gasteiger partial charge in [0.2, 0.25) is 5.78 Å². The van der Waals surface area contributed by atoms with Gasteiger partial charge in [-0.2, -0.15) is 0 Å². The van der Waals surface area contributed by atoms with E-state index in [1.807, 2.05) is 66.5 Å². The summed E-state index contributed by atoms with van der Waals surface area (Å²) in [5.41, 5.74) is 3.27.